The smallest absolute Gasteiger partial charge is 0.258 e. The summed E-state index contributed by atoms with van der Waals surface area (Å²) in [6.45, 7) is 5.66. The number of rotatable bonds is 6. The third-order valence-electron chi connectivity index (χ3n) is 4.29. The molecule has 8 heteroatoms. The summed E-state index contributed by atoms with van der Waals surface area (Å²) in [5.41, 5.74) is 1.68. The van der Waals surface area contributed by atoms with Crippen LogP contribution in [0.15, 0.2) is 30.3 Å². The molecule has 0 spiro atoms. The van der Waals surface area contributed by atoms with E-state index in [4.69, 9.17) is 4.74 Å². The van der Waals surface area contributed by atoms with Gasteiger partial charge in [-0.1, -0.05) is 19.9 Å². The quantitative estimate of drug-likeness (QED) is 0.835. The SMILES string of the molecule is CC(C)C(=O)N1CCn2nc(CNC(=O)COc3cccc(F)c3)cc2C1. The van der Waals surface area contributed by atoms with E-state index in [1.165, 1.54) is 18.2 Å². The molecule has 0 atom stereocenters. The zero-order valence-corrected chi connectivity index (χ0v) is 15.4. The van der Waals surface area contributed by atoms with Crippen LogP contribution in [0.4, 0.5) is 4.39 Å². The standard InChI is InChI=1S/C19H23FN4O3/c1-13(2)19(26)23-6-7-24-16(11-23)9-15(22-24)10-21-18(25)12-27-17-5-3-4-14(20)8-17/h3-5,8-9,13H,6-7,10-12H2,1-2H3,(H,21,25). The summed E-state index contributed by atoms with van der Waals surface area (Å²) in [6.07, 6.45) is 0. The highest BCUT2D eigenvalue weighted by molar-refractivity contribution is 5.78. The minimum Gasteiger partial charge on any atom is -0.484 e. The van der Waals surface area contributed by atoms with Crippen molar-refractivity contribution in [3.05, 3.63) is 47.5 Å². The van der Waals surface area contributed by atoms with Gasteiger partial charge in [-0.2, -0.15) is 5.10 Å². The van der Waals surface area contributed by atoms with Crippen LogP contribution in [0.5, 0.6) is 5.75 Å². The molecule has 0 saturated carbocycles. The van der Waals surface area contributed by atoms with E-state index in [1.54, 1.807) is 6.07 Å². The van der Waals surface area contributed by atoms with Crippen LogP contribution in [0.25, 0.3) is 0 Å². The van der Waals surface area contributed by atoms with Crippen molar-refractivity contribution < 1.29 is 18.7 Å². The highest BCUT2D eigenvalue weighted by Crippen LogP contribution is 2.16. The second kappa shape index (κ2) is 8.20. The number of fused-ring (bicyclic) bond motifs is 1. The first kappa shape index (κ1) is 18.9. The number of nitrogens with one attached hydrogen (secondary N) is 1. The third kappa shape index (κ3) is 4.84. The molecule has 3 rings (SSSR count). The van der Waals surface area contributed by atoms with Crippen molar-refractivity contribution >= 4 is 11.8 Å². The molecule has 1 aliphatic rings. The van der Waals surface area contributed by atoms with Gasteiger partial charge in [-0.15, -0.1) is 0 Å². The van der Waals surface area contributed by atoms with E-state index in [0.29, 0.717) is 25.4 Å². The van der Waals surface area contributed by atoms with E-state index in [1.807, 2.05) is 29.5 Å². The molecule has 144 valence electrons. The molecule has 7 nitrogen and oxygen atoms in total. The zero-order valence-electron chi connectivity index (χ0n) is 15.4. The molecule has 2 heterocycles. The molecule has 1 aromatic carbocycles. The largest absolute Gasteiger partial charge is 0.484 e. The number of hydrogen-bond donors (Lipinski definition) is 1. The van der Waals surface area contributed by atoms with Gasteiger partial charge in [0.05, 0.1) is 31.0 Å². The van der Waals surface area contributed by atoms with Crippen LogP contribution in [-0.4, -0.2) is 39.6 Å². The summed E-state index contributed by atoms with van der Waals surface area (Å²) in [4.78, 5) is 25.9. The lowest BCUT2D eigenvalue weighted by molar-refractivity contribution is -0.136. The van der Waals surface area contributed by atoms with E-state index in [2.05, 4.69) is 10.4 Å². The number of amides is 2. The van der Waals surface area contributed by atoms with Crippen molar-refractivity contribution in [3.63, 3.8) is 0 Å². The molecule has 0 unspecified atom stereocenters. The molecule has 1 N–H and O–H groups in total. The lowest BCUT2D eigenvalue weighted by Gasteiger charge is -2.29. The maximum absolute atomic E-state index is 13.1. The minimum atomic E-state index is -0.415. The van der Waals surface area contributed by atoms with Gasteiger partial charge in [0.1, 0.15) is 11.6 Å². The summed E-state index contributed by atoms with van der Waals surface area (Å²) >= 11 is 0. The molecule has 27 heavy (non-hydrogen) atoms. The number of carbonyl (C=O) groups is 2. The van der Waals surface area contributed by atoms with Crippen molar-refractivity contribution in [1.82, 2.24) is 20.0 Å². The van der Waals surface area contributed by atoms with Crippen LogP contribution in [0, 0.1) is 11.7 Å². The number of halogens is 1. The molecule has 1 aromatic heterocycles. The maximum Gasteiger partial charge on any atom is 0.258 e. The van der Waals surface area contributed by atoms with Gasteiger partial charge in [0.25, 0.3) is 5.91 Å². The molecular formula is C19H23FN4O3. The van der Waals surface area contributed by atoms with Crippen LogP contribution < -0.4 is 10.1 Å². The third-order valence-corrected chi connectivity index (χ3v) is 4.29. The first-order valence-electron chi connectivity index (χ1n) is 8.92. The first-order chi connectivity index (χ1) is 12.9. The topological polar surface area (TPSA) is 76.5 Å². The fourth-order valence-electron chi connectivity index (χ4n) is 2.91. The highest BCUT2D eigenvalue weighted by atomic mass is 19.1. The van der Waals surface area contributed by atoms with Crippen molar-refractivity contribution in [2.45, 2.75) is 33.5 Å². The number of hydrogen-bond acceptors (Lipinski definition) is 4. The summed E-state index contributed by atoms with van der Waals surface area (Å²) in [5.74, 6) is -0.330. The van der Waals surface area contributed by atoms with E-state index < -0.39 is 5.82 Å². The van der Waals surface area contributed by atoms with E-state index in [-0.39, 0.29) is 30.9 Å². The monoisotopic (exact) mass is 374 g/mol. The van der Waals surface area contributed by atoms with Crippen LogP contribution in [-0.2, 0) is 29.2 Å². The lowest BCUT2D eigenvalue weighted by Crippen LogP contribution is -2.40. The van der Waals surface area contributed by atoms with Gasteiger partial charge >= 0.3 is 0 Å². The molecule has 2 aromatic rings. The Kier molecular flexibility index (Phi) is 5.73. The Hall–Kier alpha value is -2.90. The molecule has 2 amide bonds. The average Bonchev–Trinajstić information content (AvgIpc) is 3.06. The van der Waals surface area contributed by atoms with Crippen molar-refractivity contribution in [2.75, 3.05) is 13.2 Å². The molecule has 0 fully saturated rings. The van der Waals surface area contributed by atoms with Crippen LogP contribution in [0.2, 0.25) is 0 Å². The van der Waals surface area contributed by atoms with Gasteiger partial charge in [0.15, 0.2) is 6.61 Å². The Balaban J connectivity index is 1.49. The molecule has 0 radical (unpaired) electrons. The van der Waals surface area contributed by atoms with Gasteiger partial charge in [-0.05, 0) is 18.2 Å². The predicted molar refractivity (Wildman–Crippen MR) is 96.2 cm³/mol. The molecule has 0 aliphatic carbocycles. The number of carbonyl (C=O) groups excluding carboxylic acids is 2. The van der Waals surface area contributed by atoms with Crippen molar-refractivity contribution in [1.29, 1.82) is 0 Å². The number of benzene rings is 1. The Morgan fingerprint density at radius 3 is 2.85 bits per heavy atom. The number of aromatic nitrogens is 2. The number of ether oxygens (including phenoxy) is 1. The van der Waals surface area contributed by atoms with Crippen LogP contribution in [0.1, 0.15) is 25.2 Å². The predicted octanol–water partition coefficient (Wildman–Crippen LogP) is 1.72. The fraction of sp³-hybridized carbons (Fsp3) is 0.421. The fourth-order valence-corrected chi connectivity index (χ4v) is 2.91. The van der Waals surface area contributed by atoms with Crippen molar-refractivity contribution in [2.24, 2.45) is 5.92 Å². The summed E-state index contributed by atoms with van der Waals surface area (Å²) < 4.78 is 20.2. The van der Waals surface area contributed by atoms with E-state index in [9.17, 15) is 14.0 Å². The van der Waals surface area contributed by atoms with Gasteiger partial charge in [0, 0.05) is 18.5 Å². The first-order valence-corrected chi connectivity index (χ1v) is 8.92. The number of nitrogens with zero attached hydrogens (tertiary/aromatic N) is 3. The Morgan fingerprint density at radius 1 is 1.30 bits per heavy atom. The second-order valence-corrected chi connectivity index (χ2v) is 6.79. The zero-order chi connectivity index (χ0) is 19.4. The Morgan fingerprint density at radius 2 is 2.11 bits per heavy atom. The molecule has 0 bridgehead atoms. The minimum absolute atomic E-state index is 0.0312. The highest BCUT2D eigenvalue weighted by Gasteiger charge is 2.23. The molecular weight excluding hydrogens is 351 g/mol. The van der Waals surface area contributed by atoms with Gasteiger partial charge in [-0.25, -0.2) is 4.39 Å². The van der Waals surface area contributed by atoms with Gasteiger partial charge in [0.2, 0.25) is 5.91 Å². The Bertz CT molecular complexity index is 834. The summed E-state index contributed by atoms with van der Waals surface area (Å²) in [5, 5.41) is 7.20. The normalized spacial score (nSPS) is 13.4. The lowest BCUT2D eigenvalue weighted by atomic mass is 10.1. The van der Waals surface area contributed by atoms with Gasteiger partial charge < -0.3 is 15.0 Å². The van der Waals surface area contributed by atoms with E-state index >= 15 is 0 Å². The van der Waals surface area contributed by atoms with E-state index in [0.717, 1.165) is 11.4 Å². The second-order valence-electron chi connectivity index (χ2n) is 6.79. The summed E-state index contributed by atoms with van der Waals surface area (Å²) in [7, 11) is 0. The Labute approximate surface area is 157 Å². The van der Waals surface area contributed by atoms with Crippen LogP contribution in [0.3, 0.4) is 0 Å². The van der Waals surface area contributed by atoms with Crippen LogP contribution >= 0.6 is 0 Å². The molecule has 1 aliphatic heterocycles. The summed E-state index contributed by atoms with van der Waals surface area (Å²) in [6, 6.07) is 7.53. The average molecular weight is 374 g/mol. The maximum atomic E-state index is 13.1. The van der Waals surface area contributed by atoms with Gasteiger partial charge in [-0.3, -0.25) is 14.3 Å². The van der Waals surface area contributed by atoms with Crippen molar-refractivity contribution in [3.8, 4) is 5.75 Å². The molecule has 0 saturated heterocycles.